The molecule has 136 valence electrons. The number of methoxy groups -OCH3 is 1. The number of nitrogens with zero attached hydrogens (tertiary/aromatic N) is 2. The van der Waals surface area contributed by atoms with Crippen molar-refractivity contribution in [2.75, 3.05) is 26.8 Å². The van der Waals surface area contributed by atoms with E-state index >= 15 is 0 Å². The number of aromatic nitrogens is 1. The van der Waals surface area contributed by atoms with Gasteiger partial charge in [-0.2, -0.15) is 0 Å². The molecule has 6 heteroatoms. The molecular formula is C20H23N3O3. The maximum atomic E-state index is 13.0. The third-order valence-corrected chi connectivity index (χ3v) is 4.49. The third-order valence-electron chi connectivity index (χ3n) is 4.49. The van der Waals surface area contributed by atoms with E-state index in [0.29, 0.717) is 31.7 Å². The Morgan fingerprint density at radius 3 is 2.92 bits per heavy atom. The Bertz CT molecular complexity index is 764. The van der Waals surface area contributed by atoms with Crippen molar-refractivity contribution >= 4 is 11.8 Å². The summed E-state index contributed by atoms with van der Waals surface area (Å²) in [6.45, 7) is 1.50. The summed E-state index contributed by atoms with van der Waals surface area (Å²) in [6.07, 6.45) is 3.24. The average Bonchev–Trinajstić information content (AvgIpc) is 3.18. The molecule has 1 aromatic heterocycles. The van der Waals surface area contributed by atoms with Gasteiger partial charge in [-0.25, -0.2) is 0 Å². The van der Waals surface area contributed by atoms with Crippen LogP contribution in [0.4, 0.5) is 0 Å². The quantitative estimate of drug-likeness (QED) is 0.808. The summed E-state index contributed by atoms with van der Waals surface area (Å²) >= 11 is 0. The molecule has 2 aromatic rings. The topological polar surface area (TPSA) is 71.5 Å². The van der Waals surface area contributed by atoms with Gasteiger partial charge in [-0.05, 0) is 37.1 Å². The van der Waals surface area contributed by atoms with E-state index in [-0.39, 0.29) is 11.8 Å². The number of carbonyl (C=O) groups excluding carboxylic acids is 2. The maximum Gasteiger partial charge on any atom is 0.254 e. The first-order chi connectivity index (χ1) is 12.7. The second kappa shape index (κ2) is 8.58. The lowest BCUT2D eigenvalue weighted by atomic mass is 10.1. The first-order valence-electron chi connectivity index (χ1n) is 8.80. The molecule has 3 rings (SSSR count). The van der Waals surface area contributed by atoms with E-state index in [1.165, 1.54) is 0 Å². The number of likely N-dealkylation sites (tertiary alicyclic amines) is 1. The normalized spacial score (nSPS) is 16.5. The molecule has 1 atom stereocenters. The zero-order chi connectivity index (χ0) is 18.4. The Kier molecular flexibility index (Phi) is 5.96. The lowest BCUT2D eigenvalue weighted by Gasteiger charge is -2.24. The third kappa shape index (κ3) is 4.08. The fraction of sp³-hybridized carbons (Fsp3) is 0.350. The largest absolute Gasteiger partial charge is 0.383 e. The van der Waals surface area contributed by atoms with Crippen LogP contribution in [0.25, 0.3) is 11.3 Å². The predicted molar refractivity (Wildman–Crippen MR) is 98.6 cm³/mol. The van der Waals surface area contributed by atoms with Gasteiger partial charge in [0.25, 0.3) is 5.91 Å². The number of carbonyl (C=O) groups is 2. The van der Waals surface area contributed by atoms with Crippen LogP contribution < -0.4 is 5.32 Å². The van der Waals surface area contributed by atoms with Crippen molar-refractivity contribution in [3.8, 4) is 11.3 Å². The number of amides is 2. The van der Waals surface area contributed by atoms with E-state index in [9.17, 15) is 9.59 Å². The summed E-state index contributed by atoms with van der Waals surface area (Å²) in [7, 11) is 1.59. The smallest absolute Gasteiger partial charge is 0.254 e. The monoisotopic (exact) mass is 353 g/mol. The van der Waals surface area contributed by atoms with Gasteiger partial charge in [-0.1, -0.05) is 18.2 Å². The van der Waals surface area contributed by atoms with Gasteiger partial charge in [0.1, 0.15) is 6.04 Å². The van der Waals surface area contributed by atoms with E-state index < -0.39 is 6.04 Å². The van der Waals surface area contributed by atoms with Gasteiger partial charge >= 0.3 is 0 Å². The van der Waals surface area contributed by atoms with Crippen molar-refractivity contribution < 1.29 is 14.3 Å². The van der Waals surface area contributed by atoms with Crippen LogP contribution in [0.2, 0.25) is 0 Å². The van der Waals surface area contributed by atoms with Crippen molar-refractivity contribution in [1.29, 1.82) is 0 Å². The van der Waals surface area contributed by atoms with Crippen molar-refractivity contribution in [2.24, 2.45) is 0 Å². The lowest BCUT2D eigenvalue weighted by molar-refractivity contribution is -0.125. The van der Waals surface area contributed by atoms with Crippen molar-refractivity contribution in [2.45, 2.75) is 18.9 Å². The first-order valence-corrected chi connectivity index (χ1v) is 8.80. The van der Waals surface area contributed by atoms with Crippen molar-refractivity contribution in [3.63, 3.8) is 0 Å². The van der Waals surface area contributed by atoms with Gasteiger partial charge in [0.15, 0.2) is 0 Å². The predicted octanol–water partition coefficient (Wildman–Crippen LogP) is 2.12. The van der Waals surface area contributed by atoms with Crippen LogP contribution >= 0.6 is 0 Å². The van der Waals surface area contributed by atoms with Crippen molar-refractivity contribution in [3.05, 3.63) is 54.2 Å². The van der Waals surface area contributed by atoms with Crippen LogP contribution in [-0.2, 0) is 9.53 Å². The maximum absolute atomic E-state index is 13.0. The van der Waals surface area contributed by atoms with E-state index in [2.05, 4.69) is 10.3 Å². The Labute approximate surface area is 153 Å². The van der Waals surface area contributed by atoms with Gasteiger partial charge < -0.3 is 15.0 Å². The fourth-order valence-corrected chi connectivity index (χ4v) is 3.19. The second-order valence-electron chi connectivity index (χ2n) is 6.24. The standard InChI is InChI=1S/C20H23N3O3/c1-26-13-11-22-19(24)18-9-5-12-23(18)20(25)16-7-4-6-15(14-16)17-8-2-3-10-21-17/h2-4,6-8,10,14,18H,5,9,11-13H2,1H3,(H,22,24). The number of ether oxygens (including phenoxy) is 1. The van der Waals surface area contributed by atoms with Crippen molar-refractivity contribution in [1.82, 2.24) is 15.2 Å². The zero-order valence-electron chi connectivity index (χ0n) is 14.9. The van der Waals surface area contributed by atoms with Crippen LogP contribution in [0.5, 0.6) is 0 Å². The number of rotatable bonds is 6. The Morgan fingerprint density at radius 2 is 2.15 bits per heavy atom. The highest BCUT2D eigenvalue weighted by Crippen LogP contribution is 2.23. The summed E-state index contributed by atoms with van der Waals surface area (Å²) in [6, 6.07) is 12.7. The summed E-state index contributed by atoms with van der Waals surface area (Å²) in [5.74, 6) is -0.235. The van der Waals surface area contributed by atoms with Gasteiger partial charge in [0, 0.05) is 37.5 Å². The highest BCUT2D eigenvalue weighted by molar-refractivity contribution is 5.98. The number of pyridine rings is 1. The van der Waals surface area contributed by atoms with E-state index in [1.54, 1.807) is 24.3 Å². The molecule has 6 nitrogen and oxygen atoms in total. The average molecular weight is 353 g/mol. The van der Waals surface area contributed by atoms with Crippen LogP contribution in [0.3, 0.4) is 0 Å². The van der Waals surface area contributed by atoms with Gasteiger partial charge in [-0.3, -0.25) is 14.6 Å². The van der Waals surface area contributed by atoms with Gasteiger partial charge in [0.2, 0.25) is 5.91 Å². The van der Waals surface area contributed by atoms with Crippen LogP contribution in [0, 0.1) is 0 Å². The highest BCUT2D eigenvalue weighted by atomic mass is 16.5. The summed E-state index contributed by atoms with van der Waals surface area (Å²) < 4.78 is 4.95. The number of hydrogen-bond acceptors (Lipinski definition) is 4. The molecule has 0 saturated carbocycles. The molecule has 0 radical (unpaired) electrons. The lowest BCUT2D eigenvalue weighted by Crippen LogP contribution is -2.46. The molecule has 0 aliphatic carbocycles. The minimum atomic E-state index is -0.419. The number of nitrogens with one attached hydrogen (secondary N) is 1. The molecule has 1 aromatic carbocycles. The zero-order valence-corrected chi connectivity index (χ0v) is 14.9. The first kappa shape index (κ1) is 18.1. The molecule has 1 aliphatic heterocycles. The molecule has 1 unspecified atom stereocenters. The summed E-state index contributed by atoms with van der Waals surface area (Å²) in [5, 5.41) is 2.83. The molecule has 1 fully saturated rings. The summed E-state index contributed by atoms with van der Waals surface area (Å²) in [5.41, 5.74) is 2.28. The molecule has 2 amide bonds. The molecule has 1 aliphatic rings. The summed E-state index contributed by atoms with van der Waals surface area (Å²) in [4.78, 5) is 31.4. The SMILES string of the molecule is COCCNC(=O)C1CCCN1C(=O)c1cccc(-c2ccccn2)c1. The van der Waals surface area contributed by atoms with E-state index in [4.69, 9.17) is 4.74 Å². The molecule has 2 heterocycles. The van der Waals surface area contributed by atoms with E-state index in [0.717, 1.165) is 17.7 Å². The van der Waals surface area contributed by atoms with Crippen LogP contribution in [0.15, 0.2) is 48.7 Å². The van der Waals surface area contributed by atoms with Gasteiger partial charge in [-0.15, -0.1) is 0 Å². The Hall–Kier alpha value is -2.73. The Morgan fingerprint density at radius 1 is 1.27 bits per heavy atom. The molecule has 26 heavy (non-hydrogen) atoms. The second-order valence-corrected chi connectivity index (χ2v) is 6.24. The van der Waals surface area contributed by atoms with Gasteiger partial charge in [0.05, 0.1) is 12.3 Å². The minimum absolute atomic E-state index is 0.117. The molecule has 1 saturated heterocycles. The fourth-order valence-electron chi connectivity index (χ4n) is 3.19. The molecule has 1 N–H and O–H groups in total. The van der Waals surface area contributed by atoms with Crippen LogP contribution in [0.1, 0.15) is 23.2 Å². The minimum Gasteiger partial charge on any atom is -0.383 e. The Balaban J connectivity index is 1.75. The van der Waals surface area contributed by atoms with E-state index in [1.807, 2.05) is 36.4 Å². The highest BCUT2D eigenvalue weighted by Gasteiger charge is 2.34. The molecule has 0 bridgehead atoms. The molecule has 0 spiro atoms. The number of hydrogen-bond donors (Lipinski definition) is 1. The number of benzene rings is 1. The molecular weight excluding hydrogens is 330 g/mol. The van der Waals surface area contributed by atoms with Crippen LogP contribution in [-0.4, -0.2) is 54.5 Å².